The van der Waals surface area contributed by atoms with Crippen LogP contribution in [-0.4, -0.2) is 65.3 Å². The molecule has 0 N–H and O–H groups in total. The number of fused-ring (bicyclic) bond motifs is 1. The van der Waals surface area contributed by atoms with E-state index in [0.29, 0.717) is 31.7 Å². The van der Waals surface area contributed by atoms with Crippen LogP contribution in [0.4, 0.5) is 0 Å². The molecule has 0 radical (unpaired) electrons. The van der Waals surface area contributed by atoms with Gasteiger partial charge in [-0.1, -0.05) is 48.0 Å². The van der Waals surface area contributed by atoms with Crippen molar-refractivity contribution in [1.82, 2.24) is 14.7 Å². The van der Waals surface area contributed by atoms with Crippen molar-refractivity contribution in [3.05, 3.63) is 93.2 Å². The number of thiophene rings is 1. The van der Waals surface area contributed by atoms with Gasteiger partial charge in [0.25, 0.3) is 5.91 Å². The number of piperazine rings is 1. The third-order valence-corrected chi connectivity index (χ3v) is 8.06. The maximum Gasteiger partial charge on any atom is 0.254 e. The summed E-state index contributed by atoms with van der Waals surface area (Å²) in [6.45, 7) is 7.13. The van der Waals surface area contributed by atoms with E-state index in [1.807, 2.05) is 58.4 Å². The van der Waals surface area contributed by atoms with Crippen molar-refractivity contribution in [3.8, 4) is 0 Å². The summed E-state index contributed by atoms with van der Waals surface area (Å²) in [5, 5.41) is 2.17. The van der Waals surface area contributed by atoms with Crippen LogP contribution < -0.4 is 0 Å². The molecule has 2 aromatic carbocycles. The van der Waals surface area contributed by atoms with Crippen LogP contribution in [0.2, 0.25) is 0 Å². The summed E-state index contributed by atoms with van der Waals surface area (Å²) in [4.78, 5) is 33.9. The molecule has 0 aliphatic carbocycles. The molecule has 2 aliphatic rings. The number of carbonyl (C=O) groups excluding carboxylic acids is 2. The van der Waals surface area contributed by atoms with E-state index in [-0.39, 0.29) is 23.9 Å². The number of carbonyl (C=O) groups is 2. The van der Waals surface area contributed by atoms with Crippen molar-refractivity contribution < 1.29 is 9.59 Å². The van der Waals surface area contributed by atoms with Gasteiger partial charge in [-0.05, 0) is 55.0 Å². The van der Waals surface area contributed by atoms with Crippen LogP contribution in [0.25, 0.3) is 0 Å². The van der Waals surface area contributed by atoms with E-state index in [1.54, 1.807) is 0 Å². The lowest BCUT2D eigenvalue weighted by atomic mass is 9.92. The molecule has 3 aromatic rings. The van der Waals surface area contributed by atoms with Gasteiger partial charge in [0.05, 0.1) is 12.6 Å². The van der Waals surface area contributed by atoms with Crippen LogP contribution in [0, 0.1) is 6.92 Å². The molecule has 0 bridgehead atoms. The van der Waals surface area contributed by atoms with Crippen molar-refractivity contribution in [2.24, 2.45) is 0 Å². The quantitative estimate of drug-likeness (QED) is 0.565. The molecule has 3 heterocycles. The largest absolute Gasteiger partial charge is 0.338 e. The van der Waals surface area contributed by atoms with Gasteiger partial charge in [0.1, 0.15) is 0 Å². The minimum atomic E-state index is -0.0110. The Kier molecular flexibility index (Phi) is 6.53. The standard InChI is InChI=1S/C28H31N3O2S/c1-20-8-10-22(11-9-20)27-24-13-17-34-25(24)12-14-30(27)19-26(32)29-15-16-31(21(2)18-29)28(33)23-6-4-3-5-7-23/h3-11,13,17,21,27H,12,14-16,18-19H2,1-2H3/t21-,27-/m0/s1. The Morgan fingerprint density at radius 1 is 0.971 bits per heavy atom. The van der Waals surface area contributed by atoms with Crippen molar-refractivity contribution in [2.45, 2.75) is 32.4 Å². The molecule has 2 amide bonds. The van der Waals surface area contributed by atoms with E-state index < -0.39 is 0 Å². The summed E-state index contributed by atoms with van der Waals surface area (Å²) < 4.78 is 0. The van der Waals surface area contributed by atoms with Crippen LogP contribution in [0.3, 0.4) is 0 Å². The Balaban J connectivity index is 1.28. The van der Waals surface area contributed by atoms with E-state index in [4.69, 9.17) is 0 Å². The summed E-state index contributed by atoms with van der Waals surface area (Å²) in [5.41, 5.74) is 4.52. The Morgan fingerprint density at radius 3 is 2.47 bits per heavy atom. The second-order valence-corrected chi connectivity index (χ2v) is 10.4. The van der Waals surface area contributed by atoms with E-state index in [2.05, 4.69) is 47.5 Å². The highest BCUT2D eigenvalue weighted by molar-refractivity contribution is 7.10. The van der Waals surface area contributed by atoms with Crippen LogP contribution in [0.15, 0.2) is 66.0 Å². The van der Waals surface area contributed by atoms with E-state index in [1.165, 1.54) is 21.6 Å². The Bertz CT molecular complexity index is 1160. The molecule has 1 aromatic heterocycles. The lowest BCUT2D eigenvalue weighted by Gasteiger charge is -2.42. The lowest BCUT2D eigenvalue weighted by Crippen LogP contribution is -2.57. The summed E-state index contributed by atoms with van der Waals surface area (Å²) >= 11 is 1.82. The summed E-state index contributed by atoms with van der Waals surface area (Å²) in [7, 11) is 0. The molecule has 1 fully saturated rings. The number of hydrogen-bond acceptors (Lipinski definition) is 4. The van der Waals surface area contributed by atoms with Gasteiger partial charge in [0, 0.05) is 42.7 Å². The van der Waals surface area contributed by atoms with Crippen molar-refractivity contribution in [3.63, 3.8) is 0 Å². The van der Waals surface area contributed by atoms with Gasteiger partial charge in [-0.15, -0.1) is 11.3 Å². The Hall–Kier alpha value is -2.96. The molecule has 0 unspecified atom stereocenters. The van der Waals surface area contributed by atoms with Crippen LogP contribution in [0.1, 0.15) is 44.9 Å². The normalized spacial score (nSPS) is 20.8. The third kappa shape index (κ3) is 4.52. The van der Waals surface area contributed by atoms with Crippen molar-refractivity contribution >= 4 is 23.2 Å². The molecule has 0 saturated carbocycles. The zero-order chi connectivity index (χ0) is 23.7. The Morgan fingerprint density at radius 2 is 1.74 bits per heavy atom. The number of aryl methyl sites for hydroxylation is 1. The van der Waals surface area contributed by atoms with Crippen LogP contribution in [-0.2, 0) is 11.2 Å². The second-order valence-electron chi connectivity index (χ2n) is 9.39. The first kappa shape index (κ1) is 22.8. The smallest absolute Gasteiger partial charge is 0.254 e. The minimum absolute atomic E-state index is 0.0110. The minimum Gasteiger partial charge on any atom is -0.338 e. The van der Waals surface area contributed by atoms with Gasteiger partial charge in [-0.2, -0.15) is 0 Å². The third-order valence-electron chi connectivity index (χ3n) is 7.06. The van der Waals surface area contributed by atoms with Gasteiger partial charge in [-0.3, -0.25) is 14.5 Å². The first-order valence-electron chi connectivity index (χ1n) is 12.0. The number of benzene rings is 2. The molecule has 2 aliphatic heterocycles. The number of rotatable bonds is 4. The molecule has 5 rings (SSSR count). The molecule has 2 atom stereocenters. The number of nitrogens with zero attached hydrogens (tertiary/aromatic N) is 3. The highest BCUT2D eigenvalue weighted by Gasteiger charge is 2.34. The average Bonchev–Trinajstić information content (AvgIpc) is 3.33. The molecule has 6 heteroatoms. The zero-order valence-electron chi connectivity index (χ0n) is 19.8. The highest BCUT2D eigenvalue weighted by atomic mass is 32.1. The van der Waals surface area contributed by atoms with Gasteiger partial charge in [-0.25, -0.2) is 0 Å². The fourth-order valence-electron chi connectivity index (χ4n) is 5.18. The van der Waals surface area contributed by atoms with Crippen molar-refractivity contribution in [1.29, 1.82) is 0 Å². The highest BCUT2D eigenvalue weighted by Crippen LogP contribution is 2.37. The maximum absolute atomic E-state index is 13.4. The molecule has 176 valence electrons. The van der Waals surface area contributed by atoms with Gasteiger partial charge < -0.3 is 9.80 Å². The first-order chi connectivity index (χ1) is 16.5. The lowest BCUT2D eigenvalue weighted by molar-refractivity contribution is -0.135. The first-order valence-corrected chi connectivity index (χ1v) is 12.9. The van der Waals surface area contributed by atoms with E-state index in [0.717, 1.165) is 13.0 Å². The fraction of sp³-hybridized carbons (Fsp3) is 0.357. The van der Waals surface area contributed by atoms with Gasteiger partial charge in [0.15, 0.2) is 0 Å². The van der Waals surface area contributed by atoms with Crippen LogP contribution >= 0.6 is 11.3 Å². The summed E-state index contributed by atoms with van der Waals surface area (Å²) in [6, 6.07) is 20.4. The second kappa shape index (κ2) is 9.72. The average molecular weight is 474 g/mol. The van der Waals surface area contributed by atoms with Gasteiger partial charge >= 0.3 is 0 Å². The summed E-state index contributed by atoms with van der Waals surface area (Å²) in [6.07, 6.45) is 0.985. The van der Waals surface area contributed by atoms with E-state index >= 15 is 0 Å². The predicted octanol–water partition coefficient (Wildman–Crippen LogP) is 4.38. The van der Waals surface area contributed by atoms with Crippen molar-refractivity contribution in [2.75, 3.05) is 32.7 Å². The van der Waals surface area contributed by atoms with Gasteiger partial charge in [0.2, 0.25) is 5.91 Å². The molecular formula is C28H31N3O2S. The fourth-order valence-corrected chi connectivity index (χ4v) is 6.09. The molecule has 0 spiro atoms. The SMILES string of the molecule is Cc1ccc([C@H]2c3ccsc3CCN2CC(=O)N2CCN(C(=O)c3ccccc3)[C@@H](C)C2)cc1. The molecular weight excluding hydrogens is 442 g/mol. The number of amides is 2. The zero-order valence-corrected chi connectivity index (χ0v) is 20.6. The molecule has 5 nitrogen and oxygen atoms in total. The topological polar surface area (TPSA) is 43.9 Å². The maximum atomic E-state index is 13.4. The number of hydrogen-bond donors (Lipinski definition) is 0. The monoisotopic (exact) mass is 473 g/mol. The van der Waals surface area contributed by atoms with E-state index in [9.17, 15) is 9.59 Å². The molecule has 34 heavy (non-hydrogen) atoms. The Labute approximate surface area is 205 Å². The predicted molar refractivity (Wildman–Crippen MR) is 136 cm³/mol. The van der Waals surface area contributed by atoms with Crippen LogP contribution in [0.5, 0.6) is 0 Å². The summed E-state index contributed by atoms with van der Waals surface area (Å²) in [5.74, 6) is 0.190. The molecule has 1 saturated heterocycles.